The van der Waals surface area contributed by atoms with Gasteiger partial charge in [-0.05, 0) is 49.6 Å². The summed E-state index contributed by atoms with van der Waals surface area (Å²) >= 11 is 0. The molecule has 1 atom stereocenters. The lowest BCUT2D eigenvalue weighted by molar-refractivity contribution is 0.0633. The Hall–Kier alpha value is -3.21. The van der Waals surface area contributed by atoms with E-state index in [1.807, 2.05) is 47.4 Å². The topological polar surface area (TPSA) is 55.3 Å². The second-order valence-electron chi connectivity index (χ2n) is 7.55. The number of carbonyl (C=O) groups excluding carboxylic acids is 1. The van der Waals surface area contributed by atoms with E-state index in [2.05, 4.69) is 23.0 Å². The minimum atomic E-state index is 0.0796. The minimum absolute atomic E-state index is 0.0796. The van der Waals surface area contributed by atoms with Crippen molar-refractivity contribution in [2.45, 2.75) is 19.8 Å². The van der Waals surface area contributed by atoms with Crippen LogP contribution in [0.3, 0.4) is 0 Å². The number of aryl methyl sites for hydroxylation is 1. The zero-order valence-corrected chi connectivity index (χ0v) is 16.6. The van der Waals surface area contributed by atoms with Crippen molar-refractivity contribution < 1.29 is 9.53 Å². The van der Waals surface area contributed by atoms with E-state index in [1.54, 1.807) is 18.6 Å². The Morgan fingerprint density at radius 1 is 1.17 bits per heavy atom. The van der Waals surface area contributed by atoms with E-state index >= 15 is 0 Å². The summed E-state index contributed by atoms with van der Waals surface area (Å²) in [6.45, 7) is 4.23. The van der Waals surface area contributed by atoms with Gasteiger partial charge < -0.3 is 9.64 Å². The molecule has 0 spiro atoms. The molecule has 148 valence electrons. The summed E-state index contributed by atoms with van der Waals surface area (Å²) in [6, 6.07) is 15.7. The zero-order chi connectivity index (χ0) is 20.1. The number of rotatable bonds is 5. The molecule has 4 rings (SSSR count). The smallest absolute Gasteiger partial charge is 0.253 e. The van der Waals surface area contributed by atoms with Crippen molar-refractivity contribution in [3.05, 3.63) is 78.2 Å². The molecule has 3 aromatic rings. The van der Waals surface area contributed by atoms with Crippen LogP contribution in [0.25, 0.3) is 11.3 Å². The Bertz CT molecular complexity index is 957. The molecule has 0 aliphatic carbocycles. The molecule has 29 heavy (non-hydrogen) atoms. The molecule has 2 heterocycles. The molecule has 1 unspecified atom stereocenters. The van der Waals surface area contributed by atoms with E-state index in [-0.39, 0.29) is 5.91 Å². The summed E-state index contributed by atoms with van der Waals surface area (Å²) in [6.07, 6.45) is 7.13. The summed E-state index contributed by atoms with van der Waals surface area (Å²) in [5, 5.41) is 0. The van der Waals surface area contributed by atoms with Gasteiger partial charge in [0.2, 0.25) is 0 Å². The fourth-order valence-electron chi connectivity index (χ4n) is 3.72. The number of benzene rings is 2. The fourth-order valence-corrected chi connectivity index (χ4v) is 3.72. The second-order valence-corrected chi connectivity index (χ2v) is 7.55. The van der Waals surface area contributed by atoms with Crippen LogP contribution in [0.5, 0.6) is 5.75 Å². The SMILES string of the molecule is Cc1cccc(OCC2CCCN(C(=O)c3ccc(-c4cnccn4)cc3)C2)c1. The van der Waals surface area contributed by atoms with Crippen molar-refractivity contribution in [3.63, 3.8) is 0 Å². The number of ether oxygens (including phenoxy) is 1. The number of amides is 1. The molecule has 1 amide bonds. The summed E-state index contributed by atoms with van der Waals surface area (Å²) < 4.78 is 5.97. The van der Waals surface area contributed by atoms with Crippen LogP contribution < -0.4 is 4.74 Å². The molecule has 5 nitrogen and oxygen atoms in total. The number of likely N-dealkylation sites (tertiary alicyclic amines) is 1. The number of piperidine rings is 1. The van der Waals surface area contributed by atoms with Gasteiger partial charge >= 0.3 is 0 Å². The first-order valence-electron chi connectivity index (χ1n) is 10.0. The molecule has 1 fully saturated rings. The Balaban J connectivity index is 1.37. The molecule has 1 aromatic heterocycles. The molecule has 0 saturated carbocycles. The normalized spacial score (nSPS) is 16.4. The summed E-state index contributed by atoms with van der Waals surface area (Å²) in [4.78, 5) is 23.3. The third-order valence-electron chi connectivity index (χ3n) is 5.27. The predicted octanol–water partition coefficient (Wildman–Crippen LogP) is 4.38. The van der Waals surface area contributed by atoms with Crippen LogP contribution >= 0.6 is 0 Å². The Morgan fingerprint density at radius 2 is 2.03 bits per heavy atom. The molecule has 1 aliphatic heterocycles. The Labute approximate surface area is 171 Å². The predicted molar refractivity (Wildman–Crippen MR) is 113 cm³/mol. The number of nitrogens with zero attached hydrogens (tertiary/aromatic N) is 3. The lowest BCUT2D eigenvalue weighted by atomic mass is 9.98. The maximum atomic E-state index is 13.0. The second kappa shape index (κ2) is 8.86. The first-order valence-corrected chi connectivity index (χ1v) is 10.0. The van der Waals surface area contributed by atoms with Crippen LogP contribution in [-0.4, -0.2) is 40.5 Å². The van der Waals surface area contributed by atoms with Crippen molar-refractivity contribution in [2.75, 3.05) is 19.7 Å². The van der Waals surface area contributed by atoms with Gasteiger partial charge in [-0.15, -0.1) is 0 Å². The highest BCUT2D eigenvalue weighted by molar-refractivity contribution is 5.94. The largest absolute Gasteiger partial charge is 0.493 e. The van der Waals surface area contributed by atoms with Crippen molar-refractivity contribution in [3.8, 4) is 17.0 Å². The Kier molecular flexibility index (Phi) is 5.84. The van der Waals surface area contributed by atoms with Crippen LogP contribution in [0, 0.1) is 12.8 Å². The monoisotopic (exact) mass is 387 g/mol. The molecule has 5 heteroatoms. The molecule has 0 N–H and O–H groups in total. The number of carbonyl (C=O) groups is 1. The summed E-state index contributed by atoms with van der Waals surface area (Å²) in [5.41, 5.74) is 3.65. The van der Waals surface area contributed by atoms with Crippen molar-refractivity contribution in [2.24, 2.45) is 5.92 Å². The Morgan fingerprint density at radius 3 is 2.79 bits per heavy atom. The van der Waals surface area contributed by atoms with E-state index in [4.69, 9.17) is 4.74 Å². The number of aromatic nitrogens is 2. The van der Waals surface area contributed by atoms with E-state index in [0.717, 1.165) is 42.9 Å². The first kappa shape index (κ1) is 19.1. The van der Waals surface area contributed by atoms with E-state index < -0.39 is 0 Å². The number of hydrogen-bond acceptors (Lipinski definition) is 4. The quantitative estimate of drug-likeness (QED) is 0.652. The maximum Gasteiger partial charge on any atom is 0.253 e. The summed E-state index contributed by atoms with van der Waals surface area (Å²) in [5.74, 6) is 1.33. The van der Waals surface area contributed by atoms with E-state index in [9.17, 15) is 4.79 Å². The fraction of sp³-hybridized carbons (Fsp3) is 0.292. The third-order valence-corrected chi connectivity index (χ3v) is 5.27. The van der Waals surface area contributed by atoms with Gasteiger partial charge in [-0.1, -0.05) is 24.3 Å². The van der Waals surface area contributed by atoms with E-state index in [0.29, 0.717) is 18.1 Å². The third kappa shape index (κ3) is 4.80. The molecule has 0 bridgehead atoms. The van der Waals surface area contributed by atoms with Crippen LogP contribution in [0.15, 0.2) is 67.1 Å². The number of hydrogen-bond donors (Lipinski definition) is 0. The van der Waals surface area contributed by atoms with Gasteiger partial charge in [-0.25, -0.2) is 0 Å². The highest BCUT2D eigenvalue weighted by atomic mass is 16.5. The van der Waals surface area contributed by atoms with Crippen molar-refractivity contribution in [1.82, 2.24) is 14.9 Å². The lowest BCUT2D eigenvalue weighted by Gasteiger charge is -2.32. The van der Waals surface area contributed by atoms with Crippen molar-refractivity contribution in [1.29, 1.82) is 0 Å². The van der Waals surface area contributed by atoms with Crippen LogP contribution in [0.1, 0.15) is 28.8 Å². The zero-order valence-electron chi connectivity index (χ0n) is 16.6. The van der Waals surface area contributed by atoms with Gasteiger partial charge in [-0.2, -0.15) is 0 Å². The molecule has 2 aromatic carbocycles. The van der Waals surface area contributed by atoms with Gasteiger partial charge in [-0.3, -0.25) is 14.8 Å². The van der Waals surface area contributed by atoms with Gasteiger partial charge in [0.05, 0.1) is 18.5 Å². The van der Waals surface area contributed by atoms with Crippen molar-refractivity contribution >= 4 is 5.91 Å². The standard InChI is InChI=1S/C24H25N3O2/c1-18-4-2-6-22(14-18)29-17-19-5-3-13-27(16-19)24(28)21-9-7-20(8-10-21)23-15-25-11-12-26-23/h2,4,6-12,14-15,19H,3,5,13,16-17H2,1H3. The highest BCUT2D eigenvalue weighted by Crippen LogP contribution is 2.22. The molecule has 0 radical (unpaired) electrons. The highest BCUT2D eigenvalue weighted by Gasteiger charge is 2.25. The minimum Gasteiger partial charge on any atom is -0.493 e. The average Bonchev–Trinajstić information content (AvgIpc) is 2.78. The van der Waals surface area contributed by atoms with Gasteiger partial charge in [0, 0.05) is 42.5 Å². The van der Waals surface area contributed by atoms with Gasteiger partial charge in [0.15, 0.2) is 0 Å². The maximum absolute atomic E-state index is 13.0. The molecule has 1 saturated heterocycles. The van der Waals surface area contributed by atoms with Gasteiger partial charge in [0.25, 0.3) is 5.91 Å². The lowest BCUT2D eigenvalue weighted by Crippen LogP contribution is -2.41. The van der Waals surface area contributed by atoms with Crippen LogP contribution in [0.4, 0.5) is 0 Å². The average molecular weight is 387 g/mol. The molecular formula is C24H25N3O2. The van der Waals surface area contributed by atoms with Gasteiger partial charge in [0.1, 0.15) is 5.75 Å². The van der Waals surface area contributed by atoms with E-state index in [1.165, 1.54) is 5.56 Å². The molecular weight excluding hydrogens is 362 g/mol. The first-order chi connectivity index (χ1) is 14.2. The summed E-state index contributed by atoms with van der Waals surface area (Å²) in [7, 11) is 0. The van der Waals surface area contributed by atoms with Crippen LogP contribution in [0.2, 0.25) is 0 Å². The van der Waals surface area contributed by atoms with Crippen LogP contribution in [-0.2, 0) is 0 Å². The molecule has 1 aliphatic rings.